The summed E-state index contributed by atoms with van der Waals surface area (Å²) in [7, 11) is 1.58. The lowest BCUT2D eigenvalue weighted by molar-refractivity contribution is 0.102. The number of piperidine rings is 1. The van der Waals surface area contributed by atoms with Crippen molar-refractivity contribution in [3.05, 3.63) is 66.2 Å². The molecule has 4 aromatic rings. The fraction of sp³-hybridized carbons (Fsp3) is 0.333. The van der Waals surface area contributed by atoms with E-state index < -0.39 is 6.03 Å². The Labute approximate surface area is 220 Å². The van der Waals surface area contributed by atoms with Crippen molar-refractivity contribution in [2.24, 2.45) is 5.73 Å². The van der Waals surface area contributed by atoms with Crippen LogP contribution in [0, 0.1) is 0 Å². The molecule has 5 rings (SSSR count). The number of rotatable bonds is 8. The third kappa shape index (κ3) is 5.38. The van der Waals surface area contributed by atoms with Crippen molar-refractivity contribution in [1.29, 1.82) is 0 Å². The van der Waals surface area contributed by atoms with E-state index in [1.807, 2.05) is 16.8 Å². The fourth-order valence-electron chi connectivity index (χ4n) is 4.77. The number of aromatic nitrogens is 4. The van der Waals surface area contributed by atoms with Crippen molar-refractivity contribution >= 4 is 28.7 Å². The summed E-state index contributed by atoms with van der Waals surface area (Å²) in [5, 5.41) is 8.06. The zero-order chi connectivity index (χ0) is 26.6. The molecule has 1 aliphatic rings. The predicted molar refractivity (Wildman–Crippen MR) is 143 cm³/mol. The van der Waals surface area contributed by atoms with Gasteiger partial charge in [-0.2, -0.15) is 5.10 Å². The van der Waals surface area contributed by atoms with Crippen molar-refractivity contribution in [1.82, 2.24) is 24.2 Å². The van der Waals surface area contributed by atoms with Gasteiger partial charge in [-0.3, -0.25) is 14.0 Å². The summed E-state index contributed by atoms with van der Waals surface area (Å²) >= 11 is 0. The van der Waals surface area contributed by atoms with Gasteiger partial charge in [0.15, 0.2) is 0 Å². The second-order valence-electron chi connectivity index (χ2n) is 9.28. The van der Waals surface area contributed by atoms with E-state index in [-0.39, 0.29) is 12.5 Å². The zero-order valence-electron chi connectivity index (χ0n) is 21.5. The normalized spacial score (nSPS) is 14.6. The number of methoxy groups -OCH3 is 1. The summed E-state index contributed by atoms with van der Waals surface area (Å²) < 4.78 is 14.7. The average molecular weight is 518 g/mol. The maximum atomic E-state index is 12.9. The van der Waals surface area contributed by atoms with E-state index in [1.54, 1.807) is 50.1 Å². The van der Waals surface area contributed by atoms with Crippen LogP contribution in [0.1, 0.15) is 41.7 Å². The Balaban J connectivity index is 1.30. The number of hydrogen-bond acceptors (Lipinski definition) is 7. The minimum Gasteiger partial charge on any atom is -0.457 e. The van der Waals surface area contributed by atoms with Crippen molar-refractivity contribution in [3.63, 3.8) is 0 Å². The molecule has 0 unspecified atom stereocenters. The Morgan fingerprint density at radius 1 is 1.18 bits per heavy atom. The average Bonchev–Trinajstić information content (AvgIpc) is 3.57. The molecule has 3 aromatic heterocycles. The molecule has 1 saturated heterocycles. The van der Waals surface area contributed by atoms with E-state index in [2.05, 4.69) is 27.2 Å². The molecule has 1 aromatic carbocycles. The number of carbonyl (C=O) groups is 2. The first-order valence-corrected chi connectivity index (χ1v) is 12.6. The number of primary amides is 1. The summed E-state index contributed by atoms with van der Waals surface area (Å²) in [6, 6.07) is 8.50. The van der Waals surface area contributed by atoms with Crippen LogP contribution < -0.4 is 15.8 Å². The number of hydrogen-bond donors (Lipinski definition) is 2. The number of nitrogens with two attached hydrogens (primary N) is 1. The van der Waals surface area contributed by atoms with Crippen LogP contribution in [0.4, 0.5) is 10.6 Å². The van der Waals surface area contributed by atoms with Crippen molar-refractivity contribution in [2.45, 2.75) is 32.4 Å². The highest BCUT2D eigenvalue weighted by Crippen LogP contribution is 2.32. The molecule has 0 radical (unpaired) electrons. The lowest BCUT2D eigenvalue weighted by atomic mass is 10.1. The summed E-state index contributed by atoms with van der Waals surface area (Å²) in [4.78, 5) is 31.3. The highest BCUT2D eigenvalue weighted by Gasteiger charge is 2.21. The first-order chi connectivity index (χ1) is 18.4. The lowest BCUT2D eigenvalue weighted by Gasteiger charge is -2.31. The smallest absolute Gasteiger partial charge is 0.323 e. The Bertz CT molecular complexity index is 1450. The Kier molecular flexibility index (Phi) is 7.38. The van der Waals surface area contributed by atoms with Gasteiger partial charge in [0.05, 0.1) is 29.9 Å². The highest BCUT2D eigenvalue weighted by molar-refractivity contribution is 6.03. The van der Waals surface area contributed by atoms with Crippen LogP contribution in [0.2, 0.25) is 0 Å². The van der Waals surface area contributed by atoms with Gasteiger partial charge in [-0.1, -0.05) is 6.92 Å². The largest absolute Gasteiger partial charge is 0.457 e. The van der Waals surface area contributed by atoms with Crippen LogP contribution in [0.15, 0.2) is 55.1 Å². The molecule has 4 heterocycles. The minimum atomic E-state index is -0.570. The zero-order valence-corrected chi connectivity index (χ0v) is 21.5. The van der Waals surface area contributed by atoms with Crippen LogP contribution in [0.25, 0.3) is 10.9 Å². The highest BCUT2D eigenvalue weighted by atomic mass is 16.5. The number of benzene rings is 1. The fourth-order valence-corrected chi connectivity index (χ4v) is 4.77. The molecule has 38 heavy (non-hydrogen) atoms. The molecule has 0 bridgehead atoms. The first kappa shape index (κ1) is 25.4. The minimum absolute atomic E-state index is 0.269. The lowest BCUT2D eigenvalue weighted by Crippen LogP contribution is -2.34. The van der Waals surface area contributed by atoms with Gasteiger partial charge < -0.3 is 25.4 Å². The van der Waals surface area contributed by atoms with E-state index in [0.29, 0.717) is 34.4 Å². The van der Waals surface area contributed by atoms with Gasteiger partial charge in [0.1, 0.15) is 17.3 Å². The third-order valence-electron chi connectivity index (χ3n) is 6.85. The molecule has 2 amide bonds. The van der Waals surface area contributed by atoms with Gasteiger partial charge in [-0.25, -0.2) is 9.78 Å². The molecule has 11 nitrogen and oxygen atoms in total. The Morgan fingerprint density at radius 3 is 2.74 bits per heavy atom. The van der Waals surface area contributed by atoms with E-state index in [9.17, 15) is 9.59 Å². The number of fused-ring (bicyclic) bond motifs is 1. The monoisotopic (exact) mass is 517 g/mol. The van der Waals surface area contributed by atoms with Gasteiger partial charge in [0.2, 0.25) is 0 Å². The predicted octanol–water partition coefficient (Wildman–Crippen LogP) is 4.01. The Morgan fingerprint density at radius 2 is 2.00 bits per heavy atom. The van der Waals surface area contributed by atoms with Crippen LogP contribution in [-0.2, 0) is 11.3 Å². The van der Waals surface area contributed by atoms with Gasteiger partial charge in [-0.15, -0.1) is 0 Å². The maximum absolute atomic E-state index is 12.9. The van der Waals surface area contributed by atoms with Crippen molar-refractivity contribution in [2.75, 3.05) is 32.1 Å². The van der Waals surface area contributed by atoms with Crippen LogP contribution in [0.3, 0.4) is 0 Å². The molecule has 0 aliphatic carbocycles. The number of anilines is 1. The SMILES string of the molecule is CCN1CCC(n2cc(C(=O)Nc3cc(Oc4cc5ccn(C(N)=O)c5cc4COC)ccn3)cn2)CC1. The summed E-state index contributed by atoms with van der Waals surface area (Å²) in [6.45, 7) is 5.57. The first-order valence-electron chi connectivity index (χ1n) is 12.6. The molecule has 0 spiro atoms. The molecular formula is C27H31N7O4. The number of nitrogens with zero attached hydrogens (tertiary/aromatic N) is 5. The van der Waals surface area contributed by atoms with Crippen molar-refractivity contribution < 1.29 is 19.1 Å². The van der Waals surface area contributed by atoms with E-state index in [0.717, 1.165) is 43.4 Å². The molecule has 0 atom stereocenters. The van der Waals surface area contributed by atoms with Crippen LogP contribution in [0.5, 0.6) is 11.5 Å². The third-order valence-corrected chi connectivity index (χ3v) is 6.85. The second-order valence-corrected chi connectivity index (χ2v) is 9.28. The molecule has 1 aliphatic heterocycles. The number of nitrogens with one attached hydrogen (secondary N) is 1. The molecule has 0 saturated carbocycles. The van der Waals surface area contributed by atoms with E-state index in [1.165, 1.54) is 4.57 Å². The molecular weight excluding hydrogens is 486 g/mol. The quantitative estimate of drug-likeness (QED) is 0.361. The summed E-state index contributed by atoms with van der Waals surface area (Å²) in [5.41, 5.74) is 7.35. The molecule has 1 fully saturated rings. The van der Waals surface area contributed by atoms with Gasteiger partial charge in [0, 0.05) is 55.8 Å². The molecule has 3 N–H and O–H groups in total. The Hall–Kier alpha value is -4.22. The summed E-state index contributed by atoms with van der Waals surface area (Å²) in [5.74, 6) is 1.10. The van der Waals surface area contributed by atoms with Crippen molar-refractivity contribution in [3.8, 4) is 11.5 Å². The molecule has 198 valence electrons. The summed E-state index contributed by atoms with van der Waals surface area (Å²) in [6.07, 6.45) is 8.60. The number of amides is 2. The van der Waals surface area contributed by atoms with E-state index >= 15 is 0 Å². The topological polar surface area (TPSA) is 130 Å². The number of likely N-dealkylation sites (tertiary alicyclic amines) is 1. The number of ether oxygens (including phenoxy) is 2. The van der Waals surface area contributed by atoms with Gasteiger partial charge in [-0.05, 0) is 43.7 Å². The second kappa shape index (κ2) is 11.0. The number of pyridine rings is 1. The van der Waals surface area contributed by atoms with Crippen LogP contribution in [-0.4, -0.2) is 62.9 Å². The van der Waals surface area contributed by atoms with E-state index in [4.69, 9.17) is 15.2 Å². The molecule has 11 heteroatoms. The van der Waals surface area contributed by atoms with Gasteiger partial charge >= 0.3 is 6.03 Å². The standard InChI is InChI=1S/C27H31N7O4/c1-3-32-9-6-21(7-10-32)34-16-20(15-30-34)26(35)31-25-14-22(4-8-29-25)38-24-13-18-5-11-33(27(28)36)23(18)12-19(24)17-37-2/h4-5,8,11-16,21H,3,6-7,9-10,17H2,1-2H3,(H2,28,36)(H,29,31,35). The van der Waals surface area contributed by atoms with Gasteiger partial charge in [0.25, 0.3) is 5.91 Å². The maximum Gasteiger partial charge on any atom is 0.323 e. The van der Waals surface area contributed by atoms with Crippen LogP contribution >= 0.6 is 0 Å². The number of carbonyl (C=O) groups excluding carboxylic acids is 2.